The monoisotopic (exact) mass is 335 g/mol. The maximum Gasteiger partial charge on any atom is 0.337 e. The lowest BCUT2D eigenvalue weighted by Crippen LogP contribution is -2.03. The number of carboxylic acids is 1. The fourth-order valence-electron chi connectivity index (χ4n) is 2.10. The van der Waals surface area contributed by atoms with Crippen molar-refractivity contribution in [3.05, 3.63) is 52.5 Å². The van der Waals surface area contributed by atoms with Crippen LogP contribution in [0.3, 0.4) is 0 Å². The number of rotatable bonds is 7. The Balaban J connectivity index is 2.09. The number of carbonyl (C=O) groups is 1. The first-order valence-corrected chi connectivity index (χ1v) is 7.49. The normalized spacial score (nSPS) is 10.2. The van der Waals surface area contributed by atoms with Crippen LogP contribution in [-0.2, 0) is 6.54 Å². The number of anilines is 1. The minimum atomic E-state index is -1.04. The van der Waals surface area contributed by atoms with Crippen LogP contribution in [-0.4, -0.2) is 24.8 Å². The lowest BCUT2D eigenvalue weighted by Gasteiger charge is -2.12. The molecular formula is C17H18ClNO4. The molecule has 0 bridgehead atoms. The highest BCUT2D eigenvalue weighted by atomic mass is 35.5. The van der Waals surface area contributed by atoms with E-state index in [-0.39, 0.29) is 10.6 Å². The van der Waals surface area contributed by atoms with Crippen molar-refractivity contribution in [3.63, 3.8) is 0 Å². The van der Waals surface area contributed by atoms with Gasteiger partial charge in [0.15, 0.2) is 11.5 Å². The summed E-state index contributed by atoms with van der Waals surface area (Å²) in [5.74, 6) is 0.329. The van der Waals surface area contributed by atoms with Crippen molar-refractivity contribution >= 4 is 23.3 Å². The fraction of sp³-hybridized carbons (Fsp3) is 0.235. The third kappa shape index (κ3) is 4.29. The van der Waals surface area contributed by atoms with Crippen molar-refractivity contribution < 1.29 is 19.4 Å². The molecule has 2 aromatic carbocycles. The summed E-state index contributed by atoms with van der Waals surface area (Å²) in [6.07, 6.45) is 0. The average Bonchev–Trinajstić information content (AvgIpc) is 2.53. The summed E-state index contributed by atoms with van der Waals surface area (Å²) in [5, 5.41) is 12.4. The molecule has 0 aromatic heterocycles. The van der Waals surface area contributed by atoms with Crippen molar-refractivity contribution in [2.45, 2.75) is 13.5 Å². The third-order valence-corrected chi connectivity index (χ3v) is 3.54. The molecule has 0 fully saturated rings. The van der Waals surface area contributed by atoms with Gasteiger partial charge in [-0.25, -0.2) is 4.79 Å². The average molecular weight is 336 g/mol. The van der Waals surface area contributed by atoms with Crippen LogP contribution in [0.1, 0.15) is 22.8 Å². The second-order valence-corrected chi connectivity index (χ2v) is 5.18. The highest BCUT2D eigenvalue weighted by Gasteiger charge is 2.09. The van der Waals surface area contributed by atoms with E-state index in [1.54, 1.807) is 19.2 Å². The Bertz CT molecular complexity index is 703. The summed E-state index contributed by atoms with van der Waals surface area (Å²) in [6.45, 7) is 3.04. The van der Waals surface area contributed by atoms with Gasteiger partial charge in [-0.15, -0.1) is 0 Å². The quantitative estimate of drug-likeness (QED) is 0.798. The van der Waals surface area contributed by atoms with Crippen LogP contribution in [0.2, 0.25) is 5.02 Å². The number of benzene rings is 2. The highest BCUT2D eigenvalue weighted by Crippen LogP contribution is 2.28. The summed E-state index contributed by atoms with van der Waals surface area (Å²) in [5.41, 5.74) is 1.83. The molecule has 2 N–H and O–H groups in total. The largest absolute Gasteiger partial charge is 0.493 e. The van der Waals surface area contributed by atoms with Crippen LogP contribution in [0.4, 0.5) is 5.69 Å². The smallest absolute Gasteiger partial charge is 0.337 e. The molecule has 0 atom stereocenters. The van der Waals surface area contributed by atoms with Crippen molar-refractivity contribution in [2.24, 2.45) is 0 Å². The number of hydrogen-bond acceptors (Lipinski definition) is 4. The molecule has 0 saturated carbocycles. The summed E-state index contributed by atoms with van der Waals surface area (Å²) >= 11 is 5.95. The Morgan fingerprint density at radius 2 is 2.00 bits per heavy atom. The summed E-state index contributed by atoms with van der Waals surface area (Å²) in [6, 6.07) is 10.4. The van der Waals surface area contributed by atoms with Gasteiger partial charge in [-0.3, -0.25) is 0 Å². The second-order valence-electron chi connectivity index (χ2n) is 4.77. The maximum atomic E-state index is 10.9. The molecule has 23 heavy (non-hydrogen) atoms. The minimum Gasteiger partial charge on any atom is -0.493 e. The predicted molar refractivity (Wildman–Crippen MR) is 89.9 cm³/mol. The van der Waals surface area contributed by atoms with Crippen LogP contribution in [0.25, 0.3) is 0 Å². The summed E-state index contributed by atoms with van der Waals surface area (Å²) in [7, 11) is 1.60. The molecule has 0 spiro atoms. The standard InChI is InChI=1S/C17H18ClNO4/c1-3-23-15-7-4-11(8-16(15)22-2)10-19-12-5-6-13(17(20)21)14(18)9-12/h4-9,19H,3,10H2,1-2H3,(H,20,21). The molecule has 0 aliphatic heterocycles. The molecule has 0 unspecified atom stereocenters. The van der Waals surface area contributed by atoms with E-state index >= 15 is 0 Å². The van der Waals surface area contributed by atoms with Crippen LogP contribution >= 0.6 is 11.6 Å². The van der Waals surface area contributed by atoms with Crippen LogP contribution in [0.15, 0.2) is 36.4 Å². The zero-order chi connectivity index (χ0) is 16.8. The van der Waals surface area contributed by atoms with E-state index in [4.69, 9.17) is 26.2 Å². The molecule has 0 amide bonds. The molecule has 0 radical (unpaired) electrons. The van der Waals surface area contributed by atoms with E-state index in [0.717, 1.165) is 11.3 Å². The van der Waals surface area contributed by atoms with E-state index in [2.05, 4.69) is 5.32 Å². The van der Waals surface area contributed by atoms with Crippen molar-refractivity contribution in [2.75, 3.05) is 19.0 Å². The van der Waals surface area contributed by atoms with Gasteiger partial charge in [-0.2, -0.15) is 0 Å². The molecule has 2 aromatic rings. The predicted octanol–water partition coefficient (Wildman–Crippen LogP) is 4.06. The number of aromatic carboxylic acids is 1. The topological polar surface area (TPSA) is 67.8 Å². The van der Waals surface area contributed by atoms with Crippen molar-refractivity contribution in [1.82, 2.24) is 0 Å². The Hall–Kier alpha value is -2.40. The molecule has 0 aliphatic carbocycles. The minimum absolute atomic E-state index is 0.0833. The van der Waals surface area contributed by atoms with Crippen LogP contribution in [0, 0.1) is 0 Å². The first-order valence-electron chi connectivity index (χ1n) is 7.11. The zero-order valence-corrected chi connectivity index (χ0v) is 13.7. The molecule has 6 heteroatoms. The fourth-order valence-corrected chi connectivity index (χ4v) is 2.36. The lowest BCUT2D eigenvalue weighted by molar-refractivity contribution is 0.0697. The first kappa shape index (κ1) is 17.0. The van der Waals surface area contributed by atoms with Crippen LogP contribution in [0.5, 0.6) is 11.5 Å². The maximum absolute atomic E-state index is 10.9. The summed E-state index contributed by atoms with van der Waals surface area (Å²) < 4.78 is 10.8. The Kier molecular flexibility index (Phi) is 5.71. The highest BCUT2D eigenvalue weighted by molar-refractivity contribution is 6.33. The Morgan fingerprint density at radius 1 is 1.22 bits per heavy atom. The van der Waals surface area contributed by atoms with E-state index in [1.165, 1.54) is 6.07 Å². The number of halogens is 1. The third-order valence-electron chi connectivity index (χ3n) is 3.22. The zero-order valence-electron chi connectivity index (χ0n) is 12.9. The van der Waals surface area contributed by atoms with Gasteiger partial charge in [-0.1, -0.05) is 17.7 Å². The first-order chi connectivity index (χ1) is 11.0. The molecular weight excluding hydrogens is 318 g/mol. The van der Waals surface area contributed by atoms with Gasteiger partial charge in [0.2, 0.25) is 0 Å². The van der Waals surface area contributed by atoms with Gasteiger partial charge in [0.1, 0.15) is 0 Å². The van der Waals surface area contributed by atoms with E-state index in [1.807, 2.05) is 25.1 Å². The lowest BCUT2D eigenvalue weighted by atomic mass is 10.1. The van der Waals surface area contributed by atoms with Crippen LogP contribution < -0.4 is 14.8 Å². The van der Waals surface area contributed by atoms with Gasteiger partial charge in [-0.05, 0) is 42.8 Å². The second kappa shape index (κ2) is 7.74. The van der Waals surface area contributed by atoms with Gasteiger partial charge in [0, 0.05) is 12.2 Å². The van der Waals surface area contributed by atoms with Crippen molar-refractivity contribution in [1.29, 1.82) is 0 Å². The Labute approximate surface area is 139 Å². The van der Waals surface area contributed by atoms with Gasteiger partial charge >= 0.3 is 5.97 Å². The van der Waals surface area contributed by atoms with Crippen molar-refractivity contribution in [3.8, 4) is 11.5 Å². The molecule has 0 heterocycles. The van der Waals surface area contributed by atoms with Gasteiger partial charge < -0.3 is 19.9 Å². The van der Waals surface area contributed by atoms with E-state index in [0.29, 0.717) is 24.7 Å². The molecule has 0 aliphatic rings. The number of carboxylic acid groups (broad SMARTS) is 1. The van der Waals surface area contributed by atoms with Gasteiger partial charge in [0.25, 0.3) is 0 Å². The SMILES string of the molecule is CCOc1ccc(CNc2ccc(C(=O)O)c(Cl)c2)cc1OC. The number of ether oxygens (including phenoxy) is 2. The molecule has 0 saturated heterocycles. The molecule has 122 valence electrons. The Morgan fingerprint density at radius 3 is 2.61 bits per heavy atom. The van der Waals surface area contributed by atoms with Gasteiger partial charge in [0.05, 0.1) is 24.3 Å². The molecule has 2 rings (SSSR count). The number of hydrogen-bond donors (Lipinski definition) is 2. The van der Waals surface area contributed by atoms with E-state index < -0.39 is 5.97 Å². The number of methoxy groups -OCH3 is 1. The summed E-state index contributed by atoms with van der Waals surface area (Å²) in [4.78, 5) is 10.9. The van der Waals surface area contributed by atoms with E-state index in [9.17, 15) is 4.79 Å². The molecule has 5 nitrogen and oxygen atoms in total. The number of nitrogens with one attached hydrogen (secondary N) is 1.